The molecule has 1 aliphatic heterocycles. The number of carbonyl (C=O) groups is 1. The van der Waals surface area contributed by atoms with E-state index in [9.17, 15) is 4.79 Å². The Morgan fingerprint density at radius 3 is 2.79 bits per heavy atom. The molecule has 0 aliphatic carbocycles. The lowest BCUT2D eigenvalue weighted by molar-refractivity contribution is -0.115. The minimum atomic E-state index is 0.0526. The van der Waals surface area contributed by atoms with E-state index in [-0.39, 0.29) is 5.91 Å². The number of aromatic nitrogens is 1. The number of nitrogens with one attached hydrogen (secondary N) is 1. The maximum atomic E-state index is 11.5. The van der Waals surface area contributed by atoms with E-state index in [0.717, 1.165) is 32.0 Å². The minimum absolute atomic E-state index is 0.0526. The Hall–Kier alpha value is -2.20. The van der Waals surface area contributed by atoms with Gasteiger partial charge in [0.1, 0.15) is 5.01 Å². The van der Waals surface area contributed by atoms with Gasteiger partial charge in [0, 0.05) is 16.8 Å². The Morgan fingerprint density at radius 1 is 1.11 bits per heavy atom. The number of fused-ring (bicyclic) bond motifs is 3. The summed E-state index contributed by atoms with van der Waals surface area (Å²) in [5.41, 5.74) is 4.01. The number of hydrogen-bond donors (Lipinski definition) is 1. The van der Waals surface area contributed by atoms with Crippen LogP contribution in [-0.2, 0) is 11.2 Å². The second-order valence-corrected chi connectivity index (χ2v) is 5.58. The highest BCUT2D eigenvalue weighted by Gasteiger charge is 2.22. The van der Waals surface area contributed by atoms with Gasteiger partial charge in [0.05, 0.1) is 16.6 Å². The molecule has 4 rings (SSSR count). The molecule has 0 atom stereocenters. The van der Waals surface area contributed by atoms with Gasteiger partial charge in [0.25, 0.3) is 0 Å². The third-order valence-corrected chi connectivity index (χ3v) is 4.37. The van der Waals surface area contributed by atoms with Crippen molar-refractivity contribution in [1.29, 1.82) is 0 Å². The van der Waals surface area contributed by atoms with Crippen molar-refractivity contribution in [3.05, 3.63) is 48.0 Å². The molecule has 0 spiro atoms. The lowest BCUT2D eigenvalue weighted by Gasteiger charge is -1.97. The van der Waals surface area contributed by atoms with E-state index in [4.69, 9.17) is 4.98 Å². The second-order valence-electron chi connectivity index (χ2n) is 4.55. The van der Waals surface area contributed by atoms with Crippen LogP contribution in [0.2, 0.25) is 0 Å². The maximum absolute atomic E-state index is 11.5. The Balaban J connectivity index is 1.94. The maximum Gasteiger partial charge on any atom is 0.228 e. The molecular formula is C15H10N2OS. The SMILES string of the molecule is O=C1Cc2c(ccc3sc(-c4ccccc4)nc23)N1. The summed E-state index contributed by atoms with van der Waals surface area (Å²) < 4.78 is 1.13. The highest BCUT2D eigenvalue weighted by molar-refractivity contribution is 7.21. The summed E-state index contributed by atoms with van der Waals surface area (Å²) in [7, 11) is 0. The van der Waals surface area contributed by atoms with Crippen LogP contribution in [0.3, 0.4) is 0 Å². The van der Waals surface area contributed by atoms with Crippen LogP contribution in [0.25, 0.3) is 20.8 Å². The molecule has 0 radical (unpaired) electrons. The van der Waals surface area contributed by atoms with Gasteiger partial charge in [-0.2, -0.15) is 0 Å². The van der Waals surface area contributed by atoms with Gasteiger partial charge in [-0.3, -0.25) is 4.79 Å². The fourth-order valence-electron chi connectivity index (χ4n) is 2.40. The smallest absolute Gasteiger partial charge is 0.228 e. The van der Waals surface area contributed by atoms with Crippen LogP contribution in [0.5, 0.6) is 0 Å². The number of thiazole rings is 1. The van der Waals surface area contributed by atoms with Gasteiger partial charge in [-0.1, -0.05) is 30.3 Å². The van der Waals surface area contributed by atoms with Gasteiger partial charge in [-0.05, 0) is 12.1 Å². The average Bonchev–Trinajstić information content (AvgIpc) is 3.01. The number of anilines is 1. The van der Waals surface area contributed by atoms with Crippen LogP contribution in [0.1, 0.15) is 5.56 Å². The summed E-state index contributed by atoms with van der Waals surface area (Å²) >= 11 is 1.67. The average molecular weight is 266 g/mol. The van der Waals surface area contributed by atoms with Crippen LogP contribution in [0, 0.1) is 0 Å². The Bertz CT molecular complexity index is 793. The van der Waals surface area contributed by atoms with E-state index in [1.807, 2.05) is 30.3 Å². The third kappa shape index (κ3) is 1.64. The van der Waals surface area contributed by atoms with Crippen molar-refractivity contribution in [3.8, 4) is 10.6 Å². The number of rotatable bonds is 1. The van der Waals surface area contributed by atoms with Gasteiger partial charge < -0.3 is 5.32 Å². The quantitative estimate of drug-likeness (QED) is 0.733. The fraction of sp³-hybridized carbons (Fsp3) is 0.0667. The van der Waals surface area contributed by atoms with Gasteiger partial charge in [-0.15, -0.1) is 11.3 Å². The van der Waals surface area contributed by atoms with E-state index >= 15 is 0 Å². The van der Waals surface area contributed by atoms with Crippen molar-refractivity contribution < 1.29 is 4.79 Å². The molecule has 0 fully saturated rings. The Labute approximate surface area is 113 Å². The monoisotopic (exact) mass is 266 g/mol. The van der Waals surface area contributed by atoms with Gasteiger partial charge in [-0.25, -0.2) is 4.98 Å². The van der Waals surface area contributed by atoms with Gasteiger partial charge >= 0.3 is 0 Å². The number of nitrogens with zero attached hydrogens (tertiary/aromatic N) is 1. The zero-order chi connectivity index (χ0) is 12.8. The Kier molecular flexibility index (Phi) is 2.19. The first-order valence-electron chi connectivity index (χ1n) is 6.09. The standard InChI is InChI=1S/C15H10N2OS/c18-13-8-10-11(16-13)6-7-12-14(10)17-15(19-12)9-4-2-1-3-5-9/h1-7H,8H2,(H,16,18). The van der Waals surface area contributed by atoms with E-state index in [1.165, 1.54) is 0 Å². The normalized spacial score (nSPS) is 13.6. The number of hydrogen-bond acceptors (Lipinski definition) is 3. The van der Waals surface area contributed by atoms with Crippen molar-refractivity contribution in [1.82, 2.24) is 4.98 Å². The van der Waals surface area contributed by atoms with Crippen LogP contribution in [-0.4, -0.2) is 10.9 Å². The largest absolute Gasteiger partial charge is 0.325 e. The molecule has 3 aromatic rings. The van der Waals surface area contributed by atoms with Crippen molar-refractivity contribution in [3.63, 3.8) is 0 Å². The number of benzene rings is 2. The predicted octanol–water partition coefficient (Wildman–Crippen LogP) is 3.46. The molecule has 3 nitrogen and oxygen atoms in total. The molecule has 1 aliphatic rings. The molecule has 2 heterocycles. The first kappa shape index (κ1) is 10.7. The minimum Gasteiger partial charge on any atom is -0.325 e. The van der Waals surface area contributed by atoms with E-state index in [1.54, 1.807) is 11.3 Å². The number of amides is 1. The van der Waals surface area contributed by atoms with Crippen LogP contribution in [0.4, 0.5) is 5.69 Å². The van der Waals surface area contributed by atoms with Crippen LogP contribution >= 0.6 is 11.3 Å². The summed E-state index contributed by atoms with van der Waals surface area (Å²) in [4.78, 5) is 16.2. The molecule has 19 heavy (non-hydrogen) atoms. The van der Waals surface area contributed by atoms with E-state index in [2.05, 4.69) is 17.4 Å². The lowest BCUT2D eigenvalue weighted by Crippen LogP contribution is -2.03. The molecular weight excluding hydrogens is 256 g/mol. The molecule has 1 aromatic heterocycles. The third-order valence-electron chi connectivity index (χ3n) is 3.30. The summed E-state index contributed by atoms with van der Waals surface area (Å²) in [6, 6.07) is 14.1. The molecule has 92 valence electrons. The first-order chi connectivity index (χ1) is 9.31. The highest BCUT2D eigenvalue weighted by Crippen LogP contribution is 2.36. The Morgan fingerprint density at radius 2 is 1.95 bits per heavy atom. The second kappa shape index (κ2) is 3.90. The summed E-state index contributed by atoms with van der Waals surface area (Å²) in [6.45, 7) is 0. The van der Waals surface area contributed by atoms with Crippen LogP contribution < -0.4 is 5.32 Å². The van der Waals surface area contributed by atoms with Crippen LogP contribution in [0.15, 0.2) is 42.5 Å². The van der Waals surface area contributed by atoms with E-state index < -0.39 is 0 Å². The van der Waals surface area contributed by atoms with Crippen molar-refractivity contribution in [2.24, 2.45) is 0 Å². The molecule has 1 amide bonds. The van der Waals surface area contributed by atoms with Crippen molar-refractivity contribution in [2.75, 3.05) is 5.32 Å². The number of carbonyl (C=O) groups excluding carboxylic acids is 1. The zero-order valence-electron chi connectivity index (χ0n) is 10.0. The van der Waals surface area contributed by atoms with Crippen molar-refractivity contribution in [2.45, 2.75) is 6.42 Å². The molecule has 1 N–H and O–H groups in total. The molecule has 0 bridgehead atoms. The predicted molar refractivity (Wildman–Crippen MR) is 77.4 cm³/mol. The molecule has 4 heteroatoms. The highest BCUT2D eigenvalue weighted by atomic mass is 32.1. The first-order valence-corrected chi connectivity index (χ1v) is 6.90. The fourth-order valence-corrected chi connectivity index (χ4v) is 3.40. The zero-order valence-corrected chi connectivity index (χ0v) is 10.8. The molecule has 0 unspecified atom stereocenters. The molecule has 0 saturated carbocycles. The summed E-state index contributed by atoms with van der Waals surface area (Å²) in [5.74, 6) is 0.0526. The van der Waals surface area contributed by atoms with Gasteiger partial charge in [0.15, 0.2) is 0 Å². The summed E-state index contributed by atoms with van der Waals surface area (Å²) in [6.07, 6.45) is 0.435. The topological polar surface area (TPSA) is 42.0 Å². The summed E-state index contributed by atoms with van der Waals surface area (Å²) in [5, 5.41) is 3.87. The van der Waals surface area contributed by atoms with E-state index in [0.29, 0.717) is 6.42 Å². The molecule has 0 saturated heterocycles. The van der Waals surface area contributed by atoms with Crippen molar-refractivity contribution >= 4 is 33.1 Å². The van der Waals surface area contributed by atoms with Gasteiger partial charge in [0.2, 0.25) is 5.91 Å². The lowest BCUT2D eigenvalue weighted by atomic mass is 10.1. The molecule has 2 aromatic carbocycles.